The highest BCUT2D eigenvalue weighted by atomic mass is 35.5. The lowest BCUT2D eigenvalue weighted by atomic mass is 10.4. The van der Waals surface area contributed by atoms with Gasteiger partial charge in [0, 0.05) is 6.61 Å². The molecule has 1 rings (SSSR count). The maximum atomic E-state index is 13.1. The molecule has 0 aliphatic heterocycles. The highest BCUT2D eigenvalue weighted by Gasteiger charge is 2.11. The SMILES string of the molecule is CCCCOCCn1c(=O)[nH]c(Cl)c(F)c1=O. The lowest BCUT2D eigenvalue weighted by Gasteiger charge is -2.06. The second-order valence-electron chi connectivity index (χ2n) is 3.48. The first kappa shape index (κ1) is 13.9. The van der Waals surface area contributed by atoms with Crippen LogP contribution in [0.1, 0.15) is 19.8 Å². The molecule has 5 nitrogen and oxygen atoms in total. The number of hydrogen-bond acceptors (Lipinski definition) is 3. The number of H-pyrrole nitrogens is 1. The Bertz CT molecular complexity index is 483. The number of nitrogens with one attached hydrogen (secondary N) is 1. The van der Waals surface area contributed by atoms with E-state index in [-0.39, 0.29) is 13.2 Å². The molecule has 0 aliphatic rings. The van der Waals surface area contributed by atoms with E-state index >= 15 is 0 Å². The van der Waals surface area contributed by atoms with Gasteiger partial charge in [-0.1, -0.05) is 24.9 Å². The van der Waals surface area contributed by atoms with Gasteiger partial charge in [0.1, 0.15) is 0 Å². The van der Waals surface area contributed by atoms with Crippen LogP contribution in [0.5, 0.6) is 0 Å². The van der Waals surface area contributed by atoms with E-state index in [0.29, 0.717) is 6.61 Å². The molecule has 1 heterocycles. The molecule has 0 fully saturated rings. The molecule has 17 heavy (non-hydrogen) atoms. The van der Waals surface area contributed by atoms with E-state index in [1.807, 2.05) is 11.9 Å². The lowest BCUT2D eigenvalue weighted by molar-refractivity contribution is 0.121. The Balaban J connectivity index is 2.69. The Kier molecular flexibility index (Phi) is 5.37. The van der Waals surface area contributed by atoms with Crippen LogP contribution in [0.4, 0.5) is 4.39 Å². The Morgan fingerprint density at radius 3 is 2.76 bits per heavy atom. The standard InChI is InChI=1S/C10H14ClFN2O3/c1-2-3-5-17-6-4-14-9(15)7(12)8(11)13-10(14)16/h2-6H2,1H3,(H,13,16). The van der Waals surface area contributed by atoms with Crippen molar-refractivity contribution in [2.24, 2.45) is 0 Å². The van der Waals surface area contributed by atoms with Crippen molar-refractivity contribution in [3.05, 3.63) is 31.8 Å². The monoisotopic (exact) mass is 264 g/mol. The van der Waals surface area contributed by atoms with E-state index in [1.54, 1.807) is 0 Å². The van der Waals surface area contributed by atoms with Crippen molar-refractivity contribution < 1.29 is 9.13 Å². The Morgan fingerprint density at radius 1 is 1.41 bits per heavy atom. The minimum Gasteiger partial charge on any atom is -0.380 e. The van der Waals surface area contributed by atoms with Crippen molar-refractivity contribution >= 4 is 11.6 Å². The summed E-state index contributed by atoms with van der Waals surface area (Å²) >= 11 is 5.32. The van der Waals surface area contributed by atoms with Gasteiger partial charge in [-0.3, -0.25) is 14.3 Å². The summed E-state index contributed by atoms with van der Waals surface area (Å²) in [5.74, 6) is -1.15. The summed E-state index contributed by atoms with van der Waals surface area (Å²) in [5.41, 5.74) is -1.77. The number of hydrogen-bond donors (Lipinski definition) is 1. The molecule has 0 bridgehead atoms. The zero-order valence-electron chi connectivity index (χ0n) is 9.46. The number of aromatic amines is 1. The van der Waals surface area contributed by atoms with E-state index in [4.69, 9.17) is 16.3 Å². The summed E-state index contributed by atoms with van der Waals surface area (Å²) in [6, 6.07) is 0. The van der Waals surface area contributed by atoms with Crippen molar-refractivity contribution in [2.75, 3.05) is 13.2 Å². The number of unbranched alkanes of at least 4 members (excludes halogenated alkanes) is 1. The largest absolute Gasteiger partial charge is 0.380 e. The molecular formula is C10H14ClFN2O3. The summed E-state index contributed by atoms with van der Waals surface area (Å²) in [7, 11) is 0. The van der Waals surface area contributed by atoms with Crippen LogP contribution in [-0.4, -0.2) is 22.8 Å². The zero-order chi connectivity index (χ0) is 12.8. The van der Waals surface area contributed by atoms with Crippen LogP contribution < -0.4 is 11.2 Å². The van der Waals surface area contributed by atoms with Crippen LogP contribution in [0.15, 0.2) is 9.59 Å². The molecular weight excluding hydrogens is 251 g/mol. The van der Waals surface area contributed by atoms with Gasteiger partial charge in [-0.05, 0) is 6.42 Å². The van der Waals surface area contributed by atoms with E-state index in [2.05, 4.69) is 0 Å². The van der Waals surface area contributed by atoms with E-state index < -0.39 is 22.2 Å². The van der Waals surface area contributed by atoms with Crippen LogP contribution in [0.25, 0.3) is 0 Å². The van der Waals surface area contributed by atoms with E-state index in [1.165, 1.54) is 0 Å². The van der Waals surface area contributed by atoms with Gasteiger partial charge < -0.3 is 4.74 Å². The van der Waals surface area contributed by atoms with Crippen molar-refractivity contribution in [3.8, 4) is 0 Å². The number of ether oxygens (including phenoxy) is 1. The van der Waals surface area contributed by atoms with Crippen molar-refractivity contribution in [3.63, 3.8) is 0 Å². The summed E-state index contributed by atoms with van der Waals surface area (Å²) in [5, 5.41) is -0.567. The summed E-state index contributed by atoms with van der Waals surface area (Å²) < 4.78 is 19.0. The third-order valence-corrected chi connectivity index (χ3v) is 2.45. The predicted molar refractivity (Wildman–Crippen MR) is 62.0 cm³/mol. The first-order valence-corrected chi connectivity index (χ1v) is 5.71. The first-order valence-electron chi connectivity index (χ1n) is 5.33. The van der Waals surface area contributed by atoms with Gasteiger partial charge in [-0.25, -0.2) is 4.79 Å². The van der Waals surface area contributed by atoms with Crippen molar-refractivity contribution in [2.45, 2.75) is 26.3 Å². The van der Waals surface area contributed by atoms with Gasteiger partial charge >= 0.3 is 5.69 Å². The third-order valence-electron chi connectivity index (χ3n) is 2.19. The molecule has 1 N–H and O–H groups in total. The topological polar surface area (TPSA) is 64.1 Å². The minimum atomic E-state index is -1.15. The molecule has 0 saturated heterocycles. The molecule has 0 unspecified atom stereocenters. The highest BCUT2D eigenvalue weighted by molar-refractivity contribution is 6.29. The summed E-state index contributed by atoms with van der Waals surface area (Å²) in [4.78, 5) is 24.7. The quantitative estimate of drug-likeness (QED) is 0.619. The second kappa shape index (κ2) is 6.56. The highest BCUT2D eigenvalue weighted by Crippen LogP contribution is 2.02. The van der Waals surface area contributed by atoms with Gasteiger partial charge in [0.05, 0.1) is 13.2 Å². The van der Waals surface area contributed by atoms with Crippen molar-refractivity contribution in [1.29, 1.82) is 0 Å². The Hall–Kier alpha value is -1.14. The van der Waals surface area contributed by atoms with E-state index in [0.717, 1.165) is 17.4 Å². The normalized spacial score (nSPS) is 10.8. The average Bonchev–Trinajstić information content (AvgIpc) is 2.30. The van der Waals surface area contributed by atoms with Crippen LogP contribution in [0.3, 0.4) is 0 Å². The molecule has 7 heteroatoms. The fraction of sp³-hybridized carbons (Fsp3) is 0.600. The fourth-order valence-corrected chi connectivity index (χ4v) is 1.39. The summed E-state index contributed by atoms with van der Waals surface area (Å²) in [6.45, 7) is 2.77. The Labute approximate surface area is 102 Å². The molecule has 0 saturated carbocycles. The summed E-state index contributed by atoms with van der Waals surface area (Å²) in [6.07, 6.45) is 1.90. The molecule has 0 atom stereocenters. The molecule has 1 aromatic rings. The van der Waals surface area contributed by atoms with Crippen LogP contribution in [-0.2, 0) is 11.3 Å². The second-order valence-corrected chi connectivity index (χ2v) is 3.86. The van der Waals surface area contributed by atoms with Crippen molar-refractivity contribution in [1.82, 2.24) is 9.55 Å². The fourth-order valence-electron chi connectivity index (χ4n) is 1.23. The molecule has 0 radical (unpaired) electrons. The predicted octanol–water partition coefficient (Wildman–Crippen LogP) is 1.15. The number of rotatable bonds is 6. The van der Waals surface area contributed by atoms with Gasteiger partial charge in [0.2, 0.25) is 5.82 Å². The van der Waals surface area contributed by atoms with Crippen LogP contribution in [0, 0.1) is 5.82 Å². The van der Waals surface area contributed by atoms with Crippen LogP contribution in [0.2, 0.25) is 5.15 Å². The average molecular weight is 265 g/mol. The molecule has 0 aromatic carbocycles. The van der Waals surface area contributed by atoms with Crippen LogP contribution >= 0.6 is 11.6 Å². The minimum absolute atomic E-state index is 0.00592. The van der Waals surface area contributed by atoms with Gasteiger partial charge in [-0.15, -0.1) is 0 Å². The smallest absolute Gasteiger partial charge is 0.329 e. The molecule has 96 valence electrons. The van der Waals surface area contributed by atoms with Gasteiger partial charge in [-0.2, -0.15) is 4.39 Å². The third kappa shape index (κ3) is 3.67. The molecule has 0 aliphatic carbocycles. The number of halogens is 2. The number of aromatic nitrogens is 2. The van der Waals surface area contributed by atoms with Gasteiger partial charge in [0.25, 0.3) is 5.56 Å². The van der Waals surface area contributed by atoms with Gasteiger partial charge in [0.15, 0.2) is 5.15 Å². The first-order chi connectivity index (χ1) is 8.07. The molecule has 1 aromatic heterocycles. The lowest BCUT2D eigenvalue weighted by Crippen LogP contribution is -2.38. The van der Waals surface area contributed by atoms with E-state index in [9.17, 15) is 14.0 Å². The Morgan fingerprint density at radius 2 is 2.12 bits per heavy atom. The zero-order valence-corrected chi connectivity index (χ0v) is 10.2. The molecule has 0 amide bonds. The number of nitrogens with zero attached hydrogens (tertiary/aromatic N) is 1. The maximum absolute atomic E-state index is 13.1. The molecule has 0 spiro atoms. The maximum Gasteiger partial charge on any atom is 0.329 e.